The number of nitrogens with one attached hydrogen (secondary N) is 2. The number of hydrogen-bond donors (Lipinski definition) is 2. The molecule has 0 atom stereocenters. The van der Waals surface area contributed by atoms with Gasteiger partial charge >= 0.3 is 0 Å². The molecule has 0 fully saturated rings. The number of aromatic amines is 1. The summed E-state index contributed by atoms with van der Waals surface area (Å²) < 4.78 is 6.85. The molecule has 138 valence electrons. The number of carbonyl (C=O) groups is 1. The first-order valence-electron chi connectivity index (χ1n) is 8.60. The fraction of sp³-hybridized carbons (Fsp3) is 0.389. The van der Waals surface area contributed by atoms with Crippen LogP contribution in [-0.2, 0) is 17.9 Å². The van der Waals surface area contributed by atoms with Crippen molar-refractivity contribution in [1.29, 1.82) is 0 Å². The van der Waals surface area contributed by atoms with Gasteiger partial charge in [-0.15, -0.1) is 0 Å². The Morgan fingerprint density at radius 2 is 2.31 bits per heavy atom. The quantitative estimate of drug-likeness (QED) is 0.467. The molecule has 0 unspecified atom stereocenters. The second-order valence-corrected chi connectivity index (χ2v) is 7.00. The molecule has 3 aromatic rings. The third kappa shape index (κ3) is 4.19. The van der Waals surface area contributed by atoms with Crippen LogP contribution in [0.1, 0.15) is 31.2 Å². The number of amides is 1. The van der Waals surface area contributed by atoms with Crippen LogP contribution < -0.4 is 10.9 Å². The number of rotatable bonds is 8. The zero-order chi connectivity index (χ0) is 18.5. The van der Waals surface area contributed by atoms with Crippen molar-refractivity contribution in [2.45, 2.75) is 44.9 Å². The number of H-pyrrole nitrogens is 1. The largest absolute Gasteiger partial charge is 0.467 e. The van der Waals surface area contributed by atoms with Gasteiger partial charge < -0.3 is 14.7 Å². The van der Waals surface area contributed by atoms with Crippen LogP contribution in [0.4, 0.5) is 0 Å². The van der Waals surface area contributed by atoms with Gasteiger partial charge in [-0.2, -0.15) is 0 Å². The van der Waals surface area contributed by atoms with Gasteiger partial charge in [-0.1, -0.05) is 25.1 Å². The first-order valence-corrected chi connectivity index (χ1v) is 9.59. The maximum atomic E-state index is 12.8. The number of nitrogens with zero attached hydrogens (tertiary/aromatic N) is 2. The van der Waals surface area contributed by atoms with Crippen molar-refractivity contribution in [2.24, 2.45) is 0 Å². The fourth-order valence-corrected chi connectivity index (χ4v) is 3.47. The molecule has 0 spiro atoms. The van der Waals surface area contributed by atoms with Crippen LogP contribution >= 0.6 is 11.8 Å². The minimum Gasteiger partial charge on any atom is -0.467 e. The normalized spacial score (nSPS) is 11.2. The van der Waals surface area contributed by atoms with Gasteiger partial charge in [0.25, 0.3) is 5.56 Å². The van der Waals surface area contributed by atoms with Crippen LogP contribution in [0, 0.1) is 6.92 Å². The monoisotopic (exact) mass is 374 g/mol. The molecule has 2 N–H and O–H groups in total. The maximum Gasteiger partial charge on any atom is 0.278 e. The first kappa shape index (κ1) is 18.3. The number of unbranched alkanes of at least 4 members (excludes halogenated alkanes) is 1. The van der Waals surface area contributed by atoms with E-state index in [2.05, 4.69) is 22.2 Å². The molecule has 26 heavy (non-hydrogen) atoms. The predicted octanol–water partition coefficient (Wildman–Crippen LogP) is 2.83. The molecule has 0 aliphatic heterocycles. The Morgan fingerprint density at radius 3 is 3.04 bits per heavy atom. The lowest BCUT2D eigenvalue weighted by Gasteiger charge is -2.11. The Labute approximate surface area is 155 Å². The molecule has 3 heterocycles. The number of fused-ring (bicyclic) bond motifs is 1. The molecule has 0 saturated heterocycles. The topological polar surface area (TPSA) is 92.9 Å². The van der Waals surface area contributed by atoms with E-state index >= 15 is 0 Å². The van der Waals surface area contributed by atoms with Gasteiger partial charge in [-0.25, -0.2) is 4.98 Å². The van der Waals surface area contributed by atoms with E-state index in [0.29, 0.717) is 35.0 Å². The number of thioether (sulfide) groups is 1. The minimum atomic E-state index is -0.131. The lowest BCUT2D eigenvalue weighted by molar-refractivity contribution is -0.118. The summed E-state index contributed by atoms with van der Waals surface area (Å²) >= 11 is 1.28. The second-order valence-electron chi connectivity index (χ2n) is 6.06. The average molecular weight is 374 g/mol. The first-order chi connectivity index (χ1) is 12.6. The summed E-state index contributed by atoms with van der Waals surface area (Å²) in [5, 5.41) is 3.37. The van der Waals surface area contributed by atoms with Crippen molar-refractivity contribution < 1.29 is 9.21 Å². The van der Waals surface area contributed by atoms with E-state index in [9.17, 15) is 9.59 Å². The molecule has 0 saturated carbocycles. The van der Waals surface area contributed by atoms with Crippen molar-refractivity contribution in [3.8, 4) is 0 Å². The van der Waals surface area contributed by atoms with Crippen LogP contribution in [0.25, 0.3) is 11.0 Å². The van der Waals surface area contributed by atoms with Crippen LogP contribution in [-0.4, -0.2) is 26.2 Å². The van der Waals surface area contributed by atoms with Gasteiger partial charge in [-0.3, -0.25) is 14.2 Å². The SMILES string of the molecule is CCCCn1c(SCC(=O)NCc2ccco2)nc2cc(C)[nH]c2c1=O. The molecular weight excluding hydrogens is 352 g/mol. The van der Waals surface area contributed by atoms with Crippen LogP contribution in [0.5, 0.6) is 0 Å². The Hall–Kier alpha value is -2.48. The van der Waals surface area contributed by atoms with Crippen molar-refractivity contribution in [2.75, 3.05) is 5.75 Å². The van der Waals surface area contributed by atoms with E-state index in [4.69, 9.17) is 4.42 Å². The number of hydrogen-bond acceptors (Lipinski definition) is 5. The Morgan fingerprint density at radius 1 is 1.46 bits per heavy atom. The molecule has 7 nitrogen and oxygen atoms in total. The second kappa shape index (κ2) is 8.27. The van der Waals surface area contributed by atoms with Gasteiger partial charge in [-0.05, 0) is 31.5 Å². The number of furan rings is 1. The maximum absolute atomic E-state index is 12.8. The van der Waals surface area contributed by atoms with Gasteiger partial charge in [0.15, 0.2) is 5.16 Å². The third-order valence-electron chi connectivity index (χ3n) is 3.95. The van der Waals surface area contributed by atoms with E-state index in [1.54, 1.807) is 23.0 Å². The van der Waals surface area contributed by atoms with Gasteiger partial charge in [0.05, 0.1) is 24.1 Å². The highest BCUT2D eigenvalue weighted by Gasteiger charge is 2.14. The smallest absolute Gasteiger partial charge is 0.278 e. The molecule has 0 aromatic carbocycles. The molecule has 0 aliphatic carbocycles. The lowest BCUT2D eigenvalue weighted by atomic mass is 10.3. The Bertz CT molecular complexity index is 943. The van der Waals surface area contributed by atoms with E-state index in [-0.39, 0.29) is 17.2 Å². The summed E-state index contributed by atoms with van der Waals surface area (Å²) in [6, 6.07) is 5.43. The van der Waals surface area contributed by atoms with Gasteiger partial charge in [0, 0.05) is 12.2 Å². The molecule has 8 heteroatoms. The molecule has 1 amide bonds. The molecule has 3 aromatic heterocycles. The number of carbonyl (C=O) groups excluding carboxylic acids is 1. The molecule has 3 rings (SSSR count). The summed E-state index contributed by atoms with van der Waals surface area (Å²) in [6.45, 7) is 4.91. The summed E-state index contributed by atoms with van der Waals surface area (Å²) in [5.41, 5.74) is 1.96. The summed E-state index contributed by atoms with van der Waals surface area (Å²) in [5.74, 6) is 0.757. The minimum absolute atomic E-state index is 0.0879. The van der Waals surface area contributed by atoms with Crippen molar-refractivity contribution in [1.82, 2.24) is 19.9 Å². The molecule has 0 radical (unpaired) electrons. The predicted molar refractivity (Wildman–Crippen MR) is 101 cm³/mol. The van der Waals surface area contributed by atoms with E-state index in [0.717, 1.165) is 18.5 Å². The Balaban J connectivity index is 1.74. The van der Waals surface area contributed by atoms with E-state index in [1.807, 2.05) is 13.0 Å². The average Bonchev–Trinajstić information content (AvgIpc) is 3.26. The van der Waals surface area contributed by atoms with Crippen LogP contribution in [0.2, 0.25) is 0 Å². The summed E-state index contributed by atoms with van der Waals surface area (Å²) in [7, 11) is 0. The van der Waals surface area contributed by atoms with E-state index in [1.165, 1.54) is 11.8 Å². The van der Waals surface area contributed by atoms with Gasteiger partial charge in [0.2, 0.25) is 5.91 Å². The van der Waals surface area contributed by atoms with Gasteiger partial charge in [0.1, 0.15) is 11.3 Å². The van der Waals surface area contributed by atoms with Crippen molar-refractivity contribution in [3.63, 3.8) is 0 Å². The Kier molecular flexibility index (Phi) is 5.82. The highest BCUT2D eigenvalue weighted by Crippen LogP contribution is 2.19. The standard InChI is InChI=1S/C18H22N4O3S/c1-3-4-7-22-17(24)16-14(9-12(2)20-16)21-18(22)26-11-15(23)19-10-13-6-5-8-25-13/h5-6,8-9,20H,3-4,7,10-11H2,1-2H3,(H,19,23). The number of aromatic nitrogens is 3. The zero-order valence-corrected chi connectivity index (χ0v) is 15.7. The lowest BCUT2D eigenvalue weighted by Crippen LogP contribution is -2.26. The summed E-state index contributed by atoms with van der Waals surface area (Å²) in [6.07, 6.45) is 3.42. The van der Waals surface area contributed by atoms with E-state index < -0.39 is 0 Å². The van der Waals surface area contributed by atoms with Crippen LogP contribution in [0.15, 0.2) is 38.8 Å². The highest BCUT2D eigenvalue weighted by atomic mass is 32.2. The van der Waals surface area contributed by atoms with Crippen LogP contribution in [0.3, 0.4) is 0 Å². The molecular formula is C18H22N4O3S. The van der Waals surface area contributed by atoms with Crippen molar-refractivity contribution in [3.05, 3.63) is 46.3 Å². The third-order valence-corrected chi connectivity index (χ3v) is 4.92. The number of aryl methyl sites for hydroxylation is 1. The van der Waals surface area contributed by atoms with Crippen molar-refractivity contribution >= 4 is 28.7 Å². The highest BCUT2D eigenvalue weighted by molar-refractivity contribution is 7.99. The summed E-state index contributed by atoms with van der Waals surface area (Å²) in [4.78, 5) is 32.5. The zero-order valence-electron chi connectivity index (χ0n) is 14.9. The fourth-order valence-electron chi connectivity index (χ4n) is 2.61. The molecule has 0 bridgehead atoms. The molecule has 0 aliphatic rings.